The number of nitrogens with zero attached hydrogens (tertiary/aromatic N) is 1. The number of likely N-dealkylation sites (N-methyl/N-ethyl adjacent to an activating group) is 1. The first kappa shape index (κ1) is 45.4. The zero-order valence-corrected chi connectivity index (χ0v) is 34.0. The topological polar surface area (TPSA) is 38.8 Å². The smallest absolute Gasteiger partial charge is 0.169 e. The summed E-state index contributed by atoms with van der Waals surface area (Å²) >= 11 is 0. The molecule has 1 aliphatic heterocycles. The highest BCUT2D eigenvalue weighted by Gasteiger charge is 2.51. The Balaban J connectivity index is 1.63. The first-order valence-electron chi connectivity index (χ1n) is 21.7. The molecule has 0 aromatic heterocycles. The van der Waals surface area contributed by atoms with Crippen LogP contribution >= 0.6 is 0 Å². The van der Waals surface area contributed by atoms with Crippen LogP contribution in [0.25, 0.3) is 0 Å². The number of hydrogen-bond acceptors (Lipinski definition) is 4. The Hall–Kier alpha value is -1.75. The third kappa shape index (κ3) is 23.5. The molecule has 4 atom stereocenters. The highest BCUT2D eigenvalue weighted by Crippen LogP contribution is 2.46. The molecule has 0 spiro atoms. The summed E-state index contributed by atoms with van der Waals surface area (Å²) in [4.78, 5) is 14.5. The molecule has 1 aliphatic carbocycles. The lowest BCUT2D eigenvalue weighted by atomic mass is 9.97. The molecule has 2 fully saturated rings. The predicted octanol–water partition coefficient (Wildman–Crippen LogP) is 13.6. The fourth-order valence-corrected chi connectivity index (χ4v) is 7.72. The average Bonchev–Trinajstić information content (AvgIpc) is 3.62. The first-order chi connectivity index (χ1) is 25.0. The molecule has 1 saturated carbocycles. The molecule has 1 unspecified atom stereocenters. The van der Waals surface area contributed by atoms with Crippen LogP contribution in [0.3, 0.4) is 0 Å². The van der Waals surface area contributed by atoms with Gasteiger partial charge in [-0.3, -0.25) is 4.79 Å². The summed E-state index contributed by atoms with van der Waals surface area (Å²) in [5, 5.41) is 0. The summed E-state index contributed by atoms with van der Waals surface area (Å²) in [7, 11) is 3.95. The minimum atomic E-state index is -0.394. The van der Waals surface area contributed by atoms with Gasteiger partial charge >= 0.3 is 0 Å². The first-order valence-corrected chi connectivity index (χ1v) is 21.7. The van der Waals surface area contributed by atoms with Crippen molar-refractivity contribution in [3.8, 4) is 0 Å². The van der Waals surface area contributed by atoms with Crippen molar-refractivity contribution in [3.63, 3.8) is 0 Å². The van der Waals surface area contributed by atoms with Crippen LogP contribution in [-0.4, -0.2) is 49.3 Å². The van der Waals surface area contributed by atoms with Crippen molar-refractivity contribution in [2.45, 2.75) is 205 Å². The SMILES string of the molecule is CC/C=C\C/C=C\C/C=C\CCCCCCCCC1(CCCCCCCC/C=C\C/C=C\CCCCC)O[C@H]2C[C@H](CC(=O)CN(C)C)C[C@H]2O1. The summed E-state index contributed by atoms with van der Waals surface area (Å²) < 4.78 is 13.7. The van der Waals surface area contributed by atoms with Crippen molar-refractivity contribution in [1.82, 2.24) is 4.90 Å². The summed E-state index contributed by atoms with van der Waals surface area (Å²) in [5.74, 6) is 0.359. The minimum absolute atomic E-state index is 0.174. The van der Waals surface area contributed by atoms with E-state index < -0.39 is 5.79 Å². The van der Waals surface area contributed by atoms with Gasteiger partial charge in [-0.1, -0.05) is 139 Å². The fourth-order valence-electron chi connectivity index (χ4n) is 7.72. The van der Waals surface area contributed by atoms with E-state index in [2.05, 4.69) is 74.6 Å². The molecular weight excluding hydrogens is 627 g/mol. The van der Waals surface area contributed by atoms with E-state index in [1.807, 2.05) is 19.0 Å². The van der Waals surface area contributed by atoms with Crippen molar-refractivity contribution in [2.24, 2.45) is 5.92 Å². The predicted molar refractivity (Wildman–Crippen MR) is 221 cm³/mol. The molecule has 2 aliphatic rings. The van der Waals surface area contributed by atoms with Gasteiger partial charge in [0.25, 0.3) is 0 Å². The van der Waals surface area contributed by atoms with Crippen molar-refractivity contribution in [3.05, 3.63) is 60.8 Å². The lowest BCUT2D eigenvalue weighted by molar-refractivity contribution is -0.193. The standard InChI is InChI=1S/C47H81NO3/c1-5-7-9-11-13-15-17-19-21-23-25-27-29-31-33-35-37-47(50-45-40-43(41-46(45)51-47)39-44(49)42-48(3)4)38-36-34-32-30-28-26-24-22-20-18-16-14-12-10-8-6-2/h7,9,13-16,19-22,43,45-46H,5-6,8,10-12,17-18,23-42H2,1-4H3/b9-7-,15-13-,16-14-,21-19-,22-20-/t43-,45-,46+,47?. The Morgan fingerprint density at radius 3 is 1.43 bits per heavy atom. The van der Waals surface area contributed by atoms with Gasteiger partial charge in [0.2, 0.25) is 0 Å². The van der Waals surface area contributed by atoms with E-state index in [0.29, 0.717) is 24.7 Å². The van der Waals surface area contributed by atoms with E-state index >= 15 is 0 Å². The van der Waals surface area contributed by atoms with E-state index in [0.717, 1.165) is 51.4 Å². The molecule has 292 valence electrons. The maximum absolute atomic E-state index is 12.5. The summed E-state index contributed by atoms with van der Waals surface area (Å²) in [6.07, 6.45) is 55.5. The van der Waals surface area contributed by atoms with E-state index in [1.54, 1.807) is 0 Å². The number of hydrogen-bond donors (Lipinski definition) is 0. The monoisotopic (exact) mass is 708 g/mol. The largest absolute Gasteiger partial charge is 0.344 e. The van der Waals surface area contributed by atoms with E-state index in [-0.39, 0.29) is 12.2 Å². The lowest BCUT2D eigenvalue weighted by Crippen LogP contribution is -2.32. The molecule has 51 heavy (non-hydrogen) atoms. The maximum Gasteiger partial charge on any atom is 0.169 e. The second-order valence-corrected chi connectivity index (χ2v) is 15.8. The maximum atomic E-state index is 12.5. The highest BCUT2D eigenvalue weighted by molar-refractivity contribution is 5.80. The number of carbonyl (C=O) groups excluding carboxylic acids is 1. The quantitative estimate of drug-likeness (QED) is 0.0503. The van der Waals surface area contributed by atoms with Gasteiger partial charge in [-0.25, -0.2) is 0 Å². The summed E-state index contributed by atoms with van der Waals surface area (Å²) in [6, 6.07) is 0. The molecule has 0 amide bonds. The van der Waals surface area contributed by atoms with Crippen LogP contribution in [-0.2, 0) is 14.3 Å². The summed E-state index contributed by atoms with van der Waals surface area (Å²) in [6.45, 7) is 4.98. The zero-order valence-electron chi connectivity index (χ0n) is 34.0. The number of ketones is 1. The Labute approximate surface area is 316 Å². The molecule has 4 nitrogen and oxygen atoms in total. The lowest BCUT2D eigenvalue weighted by Gasteiger charge is -2.30. The Morgan fingerprint density at radius 1 is 0.569 bits per heavy atom. The van der Waals surface area contributed by atoms with Crippen LogP contribution in [0.4, 0.5) is 0 Å². The van der Waals surface area contributed by atoms with Gasteiger partial charge in [-0.2, -0.15) is 0 Å². The summed E-state index contributed by atoms with van der Waals surface area (Å²) in [5.41, 5.74) is 0. The highest BCUT2D eigenvalue weighted by atomic mass is 16.8. The van der Waals surface area contributed by atoms with Crippen LogP contribution in [0, 0.1) is 5.92 Å². The van der Waals surface area contributed by atoms with Crippen LogP contribution in [0.1, 0.15) is 187 Å². The zero-order chi connectivity index (χ0) is 36.7. The van der Waals surface area contributed by atoms with Gasteiger partial charge in [0.15, 0.2) is 5.79 Å². The molecule has 0 aromatic rings. The number of rotatable bonds is 33. The van der Waals surface area contributed by atoms with Crippen LogP contribution in [0.5, 0.6) is 0 Å². The Morgan fingerprint density at radius 2 is 0.980 bits per heavy atom. The number of fused-ring (bicyclic) bond motifs is 1. The van der Waals surface area contributed by atoms with Gasteiger partial charge in [0, 0.05) is 19.3 Å². The van der Waals surface area contributed by atoms with Gasteiger partial charge in [-0.15, -0.1) is 0 Å². The van der Waals surface area contributed by atoms with Crippen LogP contribution in [0.15, 0.2) is 60.8 Å². The van der Waals surface area contributed by atoms with E-state index in [1.165, 1.54) is 116 Å². The van der Waals surface area contributed by atoms with E-state index in [9.17, 15) is 4.79 Å². The number of allylic oxidation sites excluding steroid dienone is 10. The molecule has 0 N–H and O–H groups in total. The fraction of sp³-hybridized carbons (Fsp3) is 0.766. The molecule has 4 heteroatoms. The molecule has 0 aromatic carbocycles. The number of ether oxygens (including phenoxy) is 2. The molecule has 0 bridgehead atoms. The molecule has 1 saturated heterocycles. The number of unbranched alkanes of at least 4 members (excludes halogenated alkanes) is 15. The van der Waals surface area contributed by atoms with Gasteiger partial charge in [0.05, 0.1) is 18.8 Å². The number of Topliss-reactive ketones (excluding diaryl/α,β-unsaturated/α-hetero) is 1. The Bertz CT molecular complexity index is 977. The second kappa shape index (κ2) is 30.7. The second-order valence-electron chi connectivity index (χ2n) is 15.8. The van der Waals surface area contributed by atoms with Crippen molar-refractivity contribution in [1.29, 1.82) is 0 Å². The third-order valence-corrected chi connectivity index (χ3v) is 10.5. The van der Waals surface area contributed by atoms with Crippen LogP contribution < -0.4 is 0 Å². The molecule has 1 heterocycles. The average molecular weight is 708 g/mol. The van der Waals surface area contributed by atoms with Crippen LogP contribution in [0.2, 0.25) is 0 Å². The van der Waals surface area contributed by atoms with Gasteiger partial charge in [-0.05, 0) is 110 Å². The third-order valence-electron chi connectivity index (χ3n) is 10.5. The molecular formula is C47H81NO3. The van der Waals surface area contributed by atoms with Gasteiger partial charge in [0.1, 0.15) is 5.78 Å². The normalized spacial score (nSPS) is 22.4. The van der Waals surface area contributed by atoms with Crippen molar-refractivity contribution >= 4 is 5.78 Å². The minimum Gasteiger partial charge on any atom is -0.344 e. The van der Waals surface area contributed by atoms with Crippen molar-refractivity contribution in [2.75, 3.05) is 20.6 Å². The van der Waals surface area contributed by atoms with Gasteiger partial charge < -0.3 is 14.4 Å². The van der Waals surface area contributed by atoms with E-state index in [4.69, 9.17) is 9.47 Å². The van der Waals surface area contributed by atoms with Crippen molar-refractivity contribution < 1.29 is 14.3 Å². The molecule has 2 rings (SSSR count). The molecule has 0 radical (unpaired) electrons. The number of carbonyl (C=O) groups is 1. The Kier molecular flexibility index (Phi) is 27.3.